The van der Waals surface area contributed by atoms with E-state index in [0.717, 1.165) is 12.1 Å². The molecule has 1 aromatic rings. The van der Waals surface area contributed by atoms with Crippen molar-refractivity contribution in [1.29, 1.82) is 0 Å². The number of likely N-dealkylation sites (N-methyl/N-ethyl adjacent to an activating group) is 1. The largest absolute Gasteiger partial charge is 0.337 e. The van der Waals surface area contributed by atoms with Crippen molar-refractivity contribution in [3.8, 4) is 0 Å². The molecule has 0 atom stereocenters. The zero-order valence-electron chi connectivity index (χ0n) is 9.38. The summed E-state index contributed by atoms with van der Waals surface area (Å²) in [7, 11) is 0. The van der Waals surface area contributed by atoms with Gasteiger partial charge in [0.2, 0.25) is 5.95 Å². The van der Waals surface area contributed by atoms with Crippen LogP contribution in [0.4, 0.5) is 11.6 Å². The van der Waals surface area contributed by atoms with Crippen LogP contribution in [-0.2, 0) is 0 Å². The summed E-state index contributed by atoms with van der Waals surface area (Å²) in [5, 5.41) is 10.4. The number of aromatic nitrogens is 2. The molecule has 6 heteroatoms. The molecule has 1 heterocycles. The molecule has 0 N–H and O–H groups in total. The van der Waals surface area contributed by atoms with Crippen LogP contribution in [0.1, 0.15) is 13.8 Å². The first kappa shape index (κ1) is 12.1. The zero-order chi connectivity index (χ0) is 12.1. The van der Waals surface area contributed by atoms with Gasteiger partial charge < -0.3 is 4.90 Å². The van der Waals surface area contributed by atoms with E-state index in [1.807, 2.05) is 18.7 Å². The van der Waals surface area contributed by atoms with Gasteiger partial charge in [0.25, 0.3) is 0 Å². The molecule has 86 valence electrons. The summed E-state index contributed by atoms with van der Waals surface area (Å²) in [5.74, 6) is 0.483. The first-order valence-electron chi connectivity index (χ1n) is 4.90. The van der Waals surface area contributed by atoms with E-state index in [4.69, 9.17) is 0 Å². The average Bonchev–Trinajstić information content (AvgIpc) is 2.25. The Morgan fingerprint density at radius 1 is 1.56 bits per heavy atom. The van der Waals surface area contributed by atoms with Crippen LogP contribution in [0.25, 0.3) is 0 Å². The SMILES string of the molecule is C=C(C)CN(CC)c1ncc([N+](=O)[O-])cn1. The van der Waals surface area contributed by atoms with Gasteiger partial charge in [-0.2, -0.15) is 0 Å². The third-order valence-corrected chi connectivity index (χ3v) is 1.96. The van der Waals surface area contributed by atoms with Crippen LogP contribution in [0.5, 0.6) is 0 Å². The highest BCUT2D eigenvalue weighted by Crippen LogP contribution is 2.12. The molecule has 16 heavy (non-hydrogen) atoms. The van der Waals surface area contributed by atoms with Crippen molar-refractivity contribution < 1.29 is 4.92 Å². The van der Waals surface area contributed by atoms with Crippen molar-refractivity contribution in [2.45, 2.75) is 13.8 Å². The fourth-order valence-corrected chi connectivity index (χ4v) is 1.22. The summed E-state index contributed by atoms with van der Waals surface area (Å²) < 4.78 is 0. The second-order valence-corrected chi connectivity index (χ2v) is 3.47. The normalized spacial score (nSPS) is 9.88. The minimum atomic E-state index is -0.515. The standard InChI is InChI=1S/C10H14N4O2/c1-4-13(7-8(2)3)10-11-5-9(6-12-10)14(15)16/h5-6H,2,4,7H2,1,3H3. The smallest absolute Gasteiger partial charge is 0.305 e. The number of nitrogens with zero attached hydrogens (tertiary/aromatic N) is 4. The Labute approximate surface area is 93.8 Å². The molecule has 1 aromatic heterocycles. The molecule has 0 aliphatic rings. The van der Waals surface area contributed by atoms with E-state index in [9.17, 15) is 10.1 Å². The summed E-state index contributed by atoms with van der Waals surface area (Å²) in [6.07, 6.45) is 2.42. The first-order valence-corrected chi connectivity index (χ1v) is 4.90. The minimum absolute atomic E-state index is 0.102. The Bertz CT molecular complexity index is 388. The second kappa shape index (κ2) is 5.20. The van der Waals surface area contributed by atoms with Gasteiger partial charge in [-0.05, 0) is 13.8 Å². The Hall–Kier alpha value is -1.98. The van der Waals surface area contributed by atoms with Gasteiger partial charge in [0.05, 0.1) is 4.92 Å². The van der Waals surface area contributed by atoms with E-state index in [1.54, 1.807) is 0 Å². The maximum Gasteiger partial charge on any atom is 0.305 e. The van der Waals surface area contributed by atoms with E-state index >= 15 is 0 Å². The van der Waals surface area contributed by atoms with Gasteiger partial charge in [-0.15, -0.1) is 0 Å². The Morgan fingerprint density at radius 2 is 2.12 bits per heavy atom. The molecule has 0 saturated carbocycles. The lowest BCUT2D eigenvalue weighted by Crippen LogP contribution is -2.26. The van der Waals surface area contributed by atoms with Crippen LogP contribution < -0.4 is 4.90 Å². The fourth-order valence-electron chi connectivity index (χ4n) is 1.22. The predicted octanol–water partition coefficient (Wildman–Crippen LogP) is 1.79. The van der Waals surface area contributed by atoms with Gasteiger partial charge >= 0.3 is 5.69 Å². The molecule has 0 unspecified atom stereocenters. The lowest BCUT2D eigenvalue weighted by Gasteiger charge is -2.20. The van der Waals surface area contributed by atoms with Crippen LogP contribution in [0, 0.1) is 10.1 Å². The molecular formula is C10H14N4O2. The highest BCUT2D eigenvalue weighted by Gasteiger charge is 2.11. The average molecular weight is 222 g/mol. The monoisotopic (exact) mass is 222 g/mol. The van der Waals surface area contributed by atoms with E-state index in [-0.39, 0.29) is 5.69 Å². The molecule has 0 aliphatic carbocycles. The highest BCUT2D eigenvalue weighted by molar-refractivity contribution is 5.35. The van der Waals surface area contributed by atoms with E-state index in [2.05, 4.69) is 16.5 Å². The van der Waals surface area contributed by atoms with Crippen molar-refractivity contribution in [1.82, 2.24) is 9.97 Å². The lowest BCUT2D eigenvalue weighted by molar-refractivity contribution is -0.385. The molecule has 0 aliphatic heterocycles. The highest BCUT2D eigenvalue weighted by atomic mass is 16.6. The Kier molecular flexibility index (Phi) is 3.93. The molecule has 6 nitrogen and oxygen atoms in total. The topological polar surface area (TPSA) is 72.2 Å². The molecule has 0 amide bonds. The van der Waals surface area contributed by atoms with E-state index < -0.39 is 4.92 Å². The Morgan fingerprint density at radius 3 is 2.50 bits per heavy atom. The van der Waals surface area contributed by atoms with Crippen LogP contribution >= 0.6 is 0 Å². The lowest BCUT2D eigenvalue weighted by atomic mass is 10.3. The molecule has 1 rings (SSSR count). The summed E-state index contributed by atoms with van der Waals surface area (Å²) in [6, 6.07) is 0. The number of hydrogen-bond acceptors (Lipinski definition) is 5. The second-order valence-electron chi connectivity index (χ2n) is 3.47. The maximum absolute atomic E-state index is 10.4. The minimum Gasteiger partial charge on any atom is -0.337 e. The number of nitro groups is 1. The summed E-state index contributed by atoms with van der Waals surface area (Å²) in [5.41, 5.74) is 0.888. The first-order chi connectivity index (χ1) is 7.54. The van der Waals surface area contributed by atoms with Gasteiger partial charge in [-0.25, -0.2) is 9.97 Å². The molecule has 0 aromatic carbocycles. The molecule has 0 saturated heterocycles. The summed E-state index contributed by atoms with van der Waals surface area (Å²) in [4.78, 5) is 19.7. The molecule has 0 spiro atoms. The molecule has 0 bridgehead atoms. The van der Waals surface area contributed by atoms with Crippen molar-refractivity contribution in [3.05, 3.63) is 34.7 Å². The maximum atomic E-state index is 10.4. The van der Waals surface area contributed by atoms with Crippen molar-refractivity contribution >= 4 is 11.6 Å². The Balaban J connectivity index is 2.86. The number of hydrogen-bond donors (Lipinski definition) is 0. The van der Waals surface area contributed by atoms with E-state index in [1.165, 1.54) is 12.4 Å². The van der Waals surface area contributed by atoms with Crippen molar-refractivity contribution in [2.75, 3.05) is 18.0 Å². The van der Waals surface area contributed by atoms with Crippen LogP contribution in [0.3, 0.4) is 0 Å². The fraction of sp³-hybridized carbons (Fsp3) is 0.400. The quantitative estimate of drug-likeness (QED) is 0.431. The van der Waals surface area contributed by atoms with Gasteiger partial charge in [-0.3, -0.25) is 10.1 Å². The van der Waals surface area contributed by atoms with Gasteiger partial charge in [0.15, 0.2) is 0 Å². The van der Waals surface area contributed by atoms with Crippen LogP contribution in [0.2, 0.25) is 0 Å². The van der Waals surface area contributed by atoms with Crippen molar-refractivity contribution in [2.24, 2.45) is 0 Å². The van der Waals surface area contributed by atoms with Crippen molar-refractivity contribution in [3.63, 3.8) is 0 Å². The van der Waals surface area contributed by atoms with Gasteiger partial charge in [-0.1, -0.05) is 12.2 Å². The summed E-state index contributed by atoms with van der Waals surface area (Å²) in [6.45, 7) is 9.06. The zero-order valence-corrected chi connectivity index (χ0v) is 9.38. The predicted molar refractivity (Wildman–Crippen MR) is 61.4 cm³/mol. The number of rotatable bonds is 5. The summed E-state index contributed by atoms with van der Waals surface area (Å²) >= 11 is 0. The van der Waals surface area contributed by atoms with E-state index in [0.29, 0.717) is 12.5 Å². The van der Waals surface area contributed by atoms with Crippen LogP contribution in [0.15, 0.2) is 24.5 Å². The van der Waals surface area contributed by atoms with Gasteiger partial charge in [0, 0.05) is 13.1 Å². The third kappa shape index (κ3) is 3.01. The van der Waals surface area contributed by atoms with Gasteiger partial charge in [0.1, 0.15) is 12.4 Å². The molecule has 0 fully saturated rings. The van der Waals surface area contributed by atoms with Crippen LogP contribution in [-0.4, -0.2) is 28.0 Å². The molecular weight excluding hydrogens is 208 g/mol. The number of anilines is 1. The third-order valence-electron chi connectivity index (χ3n) is 1.96. The molecule has 0 radical (unpaired) electrons.